The van der Waals surface area contributed by atoms with Crippen molar-refractivity contribution in [3.05, 3.63) is 12.7 Å². The molecule has 4 saturated carbocycles. The summed E-state index contributed by atoms with van der Waals surface area (Å²) in [6.45, 7) is 11.4. The summed E-state index contributed by atoms with van der Waals surface area (Å²) in [5.41, 5.74) is 0.799. The summed E-state index contributed by atoms with van der Waals surface area (Å²) in [5.74, 6) is 4.16. The zero-order chi connectivity index (χ0) is 18.5. The van der Waals surface area contributed by atoms with Gasteiger partial charge in [0.05, 0.1) is 12.7 Å². The summed E-state index contributed by atoms with van der Waals surface area (Å²) >= 11 is 0. The Kier molecular flexibility index (Phi) is 4.87. The number of hydrogen-bond donors (Lipinski definition) is 0. The van der Waals surface area contributed by atoms with Crippen LogP contribution in [0.3, 0.4) is 0 Å². The maximum atomic E-state index is 12.3. The van der Waals surface area contributed by atoms with Gasteiger partial charge in [-0.1, -0.05) is 19.9 Å². The highest BCUT2D eigenvalue weighted by Crippen LogP contribution is 2.67. The van der Waals surface area contributed by atoms with Gasteiger partial charge in [0.2, 0.25) is 0 Å². The van der Waals surface area contributed by atoms with Gasteiger partial charge in [0.25, 0.3) is 0 Å². The third-order valence-corrected chi connectivity index (χ3v) is 9.56. The van der Waals surface area contributed by atoms with Crippen LogP contribution in [0.15, 0.2) is 12.7 Å². The van der Waals surface area contributed by atoms with Crippen molar-refractivity contribution in [1.82, 2.24) is 0 Å². The highest BCUT2D eigenvalue weighted by molar-refractivity contribution is 5.79. The second-order valence-corrected chi connectivity index (χ2v) is 10.5. The minimum Gasteiger partial charge on any atom is -0.374 e. The topological polar surface area (TPSA) is 26.3 Å². The summed E-state index contributed by atoms with van der Waals surface area (Å²) in [4.78, 5) is 12.3. The van der Waals surface area contributed by atoms with Gasteiger partial charge in [-0.15, -0.1) is 6.58 Å². The van der Waals surface area contributed by atoms with Gasteiger partial charge in [-0.25, -0.2) is 0 Å². The maximum absolute atomic E-state index is 12.3. The first kappa shape index (κ1) is 18.7. The van der Waals surface area contributed by atoms with Crippen LogP contribution in [0.2, 0.25) is 0 Å². The minimum absolute atomic E-state index is 0.292. The molecule has 0 spiro atoms. The number of hydrogen-bond acceptors (Lipinski definition) is 2. The third kappa shape index (κ3) is 2.74. The Morgan fingerprint density at radius 3 is 2.50 bits per heavy atom. The van der Waals surface area contributed by atoms with Crippen molar-refractivity contribution in [2.24, 2.45) is 40.4 Å². The quantitative estimate of drug-likeness (QED) is 0.593. The summed E-state index contributed by atoms with van der Waals surface area (Å²) in [6.07, 6.45) is 14.0. The van der Waals surface area contributed by atoms with Gasteiger partial charge in [0.1, 0.15) is 5.78 Å². The van der Waals surface area contributed by atoms with Crippen LogP contribution in [-0.4, -0.2) is 18.5 Å². The Morgan fingerprint density at radius 2 is 1.77 bits per heavy atom. The Balaban J connectivity index is 1.52. The highest BCUT2D eigenvalue weighted by Gasteiger charge is 2.60. The molecular weight excluding hydrogens is 320 g/mol. The standard InChI is InChI=1S/C24H38O2/c1-5-14-26-18-10-12-23(3)17(15-18)6-7-19-21-9-8-20(16(2)25)24(21,4)13-11-22(19)23/h5,17-22H,1,6-15H2,2-4H3/t17-,18-,19-,20+,21-,22-,23-,24+/m0/s1. The summed E-state index contributed by atoms with van der Waals surface area (Å²) in [5, 5.41) is 0. The fourth-order valence-corrected chi connectivity index (χ4v) is 8.24. The lowest BCUT2D eigenvalue weighted by Gasteiger charge is -2.61. The van der Waals surface area contributed by atoms with Crippen LogP contribution in [0, 0.1) is 40.4 Å². The van der Waals surface area contributed by atoms with Crippen LogP contribution in [0.25, 0.3) is 0 Å². The lowest BCUT2D eigenvalue weighted by atomic mass is 9.44. The van der Waals surface area contributed by atoms with Gasteiger partial charge in [0.15, 0.2) is 0 Å². The summed E-state index contributed by atoms with van der Waals surface area (Å²) in [6, 6.07) is 0. The highest BCUT2D eigenvalue weighted by atomic mass is 16.5. The molecule has 26 heavy (non-hydrogen) atoms. The first-order valence-corrected chi connectivity index (χ1v) is 11.1. The molecule has 0 aromatic heterocycles. The molecule has 0 aromatic rings. The van der Waals surface area contributed by atoms with Crippen LogP contribution >= 0.6 is 0 Å². The molecule has 0 bridgehead atoms. The van der Waals surface area contributed by atoms with Crippen LogP contribution in [0.5, 0.6) is 0 Å². The van der Waals surface area contributed by atoms with Crippen LogP contribution in [0.1, 0.15) is 78.6 Å². The van der Waals surface area contributed by atoms with E-state index in [0.717, 1.165) is 30.1 Å². The van der Waals surface area contributed by atoms with Crippen molar-refractivity contribution in [3.8, 4) is 0 Å². The molecule has 0 radical (unpaired) electrons. The predicted octanol–water partition coefficient (Wildman–Crippen LogP) is 5.81. The second kappa shape index (κ2) is 6.76. The fourth-order valence-electron chi connectivity index (χ4n) is 8.24. The maximum Gasteiger partial charge on any atom is 0.133 e. The lowest BCUT2D eigenvalue weighted by Crippen LogP contribution is -2.54. The van der Waals surface area contributed by atoms with Gasteiger partial charge < -0.3 is 4.74 Å². The molecular formula is C24H38O2. The first-order valence-electron chi connectivity index (χ1n) is 11.1. The number of carbonyl (C=O) groups excluding carboxylic acids is 1. The van der Waals surface area contributed by atoms with E-state index in [0.29, 0.717) is 35.2 Å². The second-order valence-electron chi connectivity index (χ2n) is 10.5. The SMILES string of the molecule is C=CCO[C@H]1CC[C@@]2(C)[C@@H](CC[C@@H]3[C@@H]2CC[C@]2(C)[C@@H](C(C)=O)CC[C@@H]32)C1. The molecule has 2 nitrogen and oxygen atoms in total. The molecule has 0 heterocycles. The van der Waals surface area contributed by atoms with Crippen molar-refractivity contribution >= 4 is 5.78 Å². The molecule has 0 N–H and O–H groups in total. The number of carbonyl (C=O) groups is 1. The van der Waals surface area contributed by atoms with Gasteiger partial charge in [0, 0.05) is 5.92 Å². The Hall–Kier alpha value is -0.630. The van der Waals surface area contributed by atoms with Gasteiger partial charge in [-0.05, 0) is 99.2 Å². The molecule has 4 rings (SSSR count). The normalized spacial score (nSPS) is 50.4. The number of fused-ring (bicyclic) bond motifs is 5. The van der Waals surface area contributed by atoms with Gasteiger partial charge >= 0.3 is 0 Å². The number of rotatable bonds is 4. The number of Topliss-reactive ketones (excluding diaryl/α,β-unsaturated/α-hetero) is 1. The van der Waals surface area contributed by atoms with E-state index in [1.165, 1.54) is 51.4 Å². The molecule has 0 aliphatic heterocycles. The average molecular weight is 359 g/mol. The molecule has 2 heteroatoms. The molecule has 4 fully saturated rings. The molecule has 8 atom stereocenters. The largest absolute Gasteiger partial charge is 0.374 e. The van der Waals surface area contributed by atoms with E-state index in [-0.39, 0.29) is 0 Å². The Bertz CT molecular complexity index is 569. The van der Waals surface area contributed by atoms with Gasteiger partial charge in [-0.3, -0.25) is 4.79 Å². The Morgan fingerprint density at radius 1 is 1.04 bits per heavy atom. The van der Waals surface area contributed by atoms with Crippen molar-refractivity contribution < 1.29 is 9.53 Å². The summed E-state index contributed by atoms with van der Waals surface area (Å²) < 4.78 is 6.03. The van der Waals surface area contributed by atoms with Crippen molar-refractivity contribution in [3.63, 3.8) is 0 Å². The molecule has 146 valence electrons. The number of ketones is 1. The lowest BCUT2D eigenvalue weighted by molar-refractivity contribution is -0.141. The molecule has 4 aliphatic rings. The van der Waals surface area contributed by atoms with E-state index < -0.39 is 0 Å². The van der Waals surface area contributed by atoms with E-state index in [1.54, 1.807) is 0 Å². The van der Waals surface area contributed by atoms with E-state index in [2.05, 4.69) is 20.4 Å². The van der Waals surface area contributed by atoms with Crippen molar-refractivity contribution in [2.45, 2.75) is 84.7 Å². The van der Waals surface area contributed by atoms with E-state index in [1.807, 2.05) is 13.0 Å². The smallest absolute Gasteiger partial charge is 0.133 e. The first-order chi connectivity index (χ1) is 12.4. The third-order valence-electron chi connectivity index (χ3n) is 9.56. The van der Waals surface area contributed by atoms with Crippen molar-refractivity contribution in [1.29, 1.82) is 0 Å². The zero-order valence-electron chi connectivity index (χ0n) is 17.1. The zero-order valence-corrected chi connectivity index (χ0v) is 17.1. The molecule has 0 saturated heterocycles. The van der Waals surface area contributed by atoms with Crippen LogP contribution < -0.4 is 0 Å². The van der Waals surface area contributed by atoms with E-state index in [4.69, 9.17) is 4.74 Å². The summed E-state index contributed by atoms with van der Waals surface area (Å²) in [7, 11) is 0. The van der Waals surface area contributed by atoms with Crippen LogP contribution in [-0.2, 0) is 9.53 Å². The fraction of sp³-hybridized carbons (Fsp3) is 0.875. The molecule has 0 amide bonds. The average Bonchev–Trinajstić information content (AvgIpc) is 2.97. The van der Waals surface area contributed by atoms with Crippen molar-refractivity contribution in [2.75, 3.05) is 6.61 Å². The Labute approximate surface area is 160 Å². The van der Waals surface area contributed by atoms with Crippen LogP contribution in [0.4, 0.5) is 0 Å². The number of ether oxygens (including phenoxy) is 1. The van der Waals surface area contributed by atoms with E-state index >= 15 is 0 Å². The van der Waals surface area contributed by atoms with Gasteiger partial charge in [-0.2, -0.15) is 0 Å². The predicted molar refractivity (Wildman–Crippen MR) is 106 cm³/mol. The molecule has 0 aromatic carbocycles. The monoisotopic (exact) mass is 358 g/mol. The van der Waals surface area contributed by atoms with E-state index in [9.17, 15) is 4.79 Å². The molecule has 0 unspecified atom stereocenters. The molecule has 4 aliphatic carbocycles. The minimum atomic E-state index is 0.292.